The Morgan fingerprint density at radius 1 is 1.17 bits per heavy atom. The lowest BCUT2D eigenvalue weighted by Gasteiger charge is -2.44. The molecule has 0 saturated carbocycles. The van der Waals surface area contributed by atoms with Crippen molar-refractivity contribution in [3.05, 3.63) is 92.0 Å². The number of phenols is 1. The fourth-order valence-electron chi connectivity index (χ4n) is 6.07. The van der Waals surface area contributed by atoms with Gasteiger partial charge >= 0.3 is 11.6 Å². The molecule has 0 spiro atoms. The van der Waals surface area contributed by atoms with E-state index in [0.717, 1.165) is 12.7 Å². The zero-order chi connectivity index (χ0) is 28.6. The number of phenolic OH excluding ortho intramolecular Hbond substituents is 1. The van der Waals surface area contributed by atoms with Crippen LogP contribution in [0.2, 0.25) is 5.02 Å². The zero-order valence-corrected chi connectivity index (χ0v) is 22.4. The average molecular weight is 576 g/mol. The van der Waals surface area contributed by atoms with E-state index < -0.39 is 29.1 Å². The number of aliphatic hydroxyl groups excluding tert-OH is 1. The van der Waals surface area contributed by atoms with Crippen LogP contribution in [0.25, 0.3) is 22.0 Å². The van der Waals surface area contributed by atoms with E-state index in [1.807, 2.05) is 0 Å². The molecule has 3 aliphatic rings. The van der Waals surface area contributed by atoms with Gasteiger partial charge in [-0.2, -0.15) is 0 Å². The molecule has 10 nitrogen and oxygen atoms in total. The Morgan fingerprint density at radius 3 is 2.71 bits per heavy atom. The lowest BCUT2D eigenvalue weighted by molar-refractivity contribution is -0.167. The van der Waals surface area contributed by atoms with Crippen LogP contribution in [0, 0.1) is 0 Å². The lowest BCUT2D eigenvalue weighted by atomic mass is 9.73. The number of benzene rings is 3. The summed E-state index contributed by atoms with van der Waals surface area (Å²) in [5.41, 5.74) is -0.561. The van der Waals surface area contributed by atoms with Crippen LogP contribution >= 0.6 is 11.6 Å². The van der Waals surface area contributed by atoms with Crippen molar-refractivity contribution in [1.82, 2.24) is 4.74 Å². The summed E-state index contributed by atoms with van der Waals surface area (Å²) in [4.78, 5) is 40.1. The molecule has 4 aromatic rings. The minimum absolute atomic E-state index is 0.0496. The standard InChI is InChI=1S/C30H22ClNO9/c1-38-29(37)30-21(33)10-9-19(39-13-14-5-7-16(31)8-6-14)24(30)27(35)23-20(40-30)11-15-12-32-25-17(22(15)26(23)34)3-2-4-18(25)28(36)41-32/h2-8,11,21,33-34H,9-10,12-13H2,1H3/t21-,30+/m0/s1. The zero-order valence-electron chi connectivity index (χ0n) is 21.6. The van der Waals surface area contributed by atoms with Crippen molar-refractivity contribution in [3.8, 4) is 22.6 Å². The molecule has 3 heterocycles. The Bertz CT molecular complexity index is 1880. The summed E-state index contributed by atoms with van der Waals surface area (Å²) in [5, 5.41) is 23.7. The minimum Gasteiger partial charge on any atom is -0.506 e. The fraction of sp³-hybridized carbons (Fsp3) is 0.233. The number of allylic oxidation sites excluding steroid dienone is 1. The maximum atomic E-state index is 14.3. The predicted molar refractivity (Wildman–Crippen MR) is 145 cm³/mol. The molecule has 2 atom stereocenters. The third-order valence-electron chi connectivity index (χ3n) is 7.93. The molecule has 41 heavy (non-hydrogen) atoms. The molecule has 2 aliphatic heterocycles. The van der Waals surface area contributed by atoms with E-state index in [2.05, 4.69) is 0 Å². The van der Waals surface area contributed by atoms with Crippen molar-refractivity contribution in [2.45, 2.75) is 37.7 Å². The van der Waals surface area contributed by atoms with Crippen LogP contribution in [-0.4, -0.2) is 45.5 Å². The number of carbonyl (C=O) groups excluding carboxylic acids is 2. The fourth-order valence-corrected chi connectivity index (χ4v) is 6.20. The number of methoxy groups -OCH3 is 1. The number of aromatic hydroxyl groups is 1. The van der Waals surface area contributed by atoms with Crippen LogP contribution in [0.5, 0.6) is 11.5 Å². The van der Waals surface area contributed by atoms with Crippen LogP contribution in [0.1, 0.15) is 34.3 Å². The number of aliphatic hydroxyl groups is 1. The number of ketones is 1. The second kappa shape index (κ2) is 8.98. The van der Waals surface area contributed by atoms with Gasteiger partial charge in [0.1, 0.15) is 35.5 Å². The van der Waals surface area contributed by atoms with Gasteiger partial charge in [-0.1, -0.05) is 35.9 Å². The van der Waals surface area contributed by atoms with E-state index in [-0.39, 0.29) is 54.4 Å². The number of fused-ring (bicyclic) bond motifs is 4. The number of para-hydroxylation sites is 1. The summed E-state index contributed by atoms with van der Waals surface area (Å²) in [6.07, 6.45) is -1.25. The van der Waals surface area contributed by atoms with Crippen molar-refractivity contribution in [2.75, 3.05) is 7.11 Å². The second-order valence-corrected chi connectivity index (χ2v) is 10.6. The van der Waals surface area contributed by atoms with Gasteiger partial charge in [-0.3, -0.25) is 4.79 Å². The van der Waals surface area contributed by atoms with Crippen molar-refractivity contribution >= 4 is 34.3 Å². The molecule has 0 fully saturated rings. The predicted octanol–water partition coefficient (Wildman–Crippen LogP) is 4.09. The quantitative estimate of drug-likeness (QED) is 0.303. The Kier molecular flexibility index (Phi) is 5.57. The van der Waals surface area contributed by atoms with E-state index in [4.69, 9.17) is 30.3 Å². The van der Waals surface area contributed by atoms with Crippen LogP contribution in [0.4, 0.5) is 0 Å². The van der Waals surface area contributed by atoms with Crippen molar-refractivity contribution < 1.29 is 38.5 Å². The van der Waals surface area contributed by atoms with Crippen molar-refractivity contribution in [2.24, 2.45) is 0 Å². The first-order valence-corrected chi connectivity index (χ1v) is 13.3. The van der Waals surface area contributed by atoms with E-state index >= 15 is 0 Å². The highest BCUT2D eigenvalue weighted by molar-refractivity contribution is 6.30. The number of hydrogen-bond acceptors (Lipinski definition) is 9. The van der Waals surface area contributed by atoms with Crippen molar-refractivity contribution in [1.29, 1.82) is 0 Å². The molecule has 2 N–H and O–H groups in total. The van der Waals surface area contributed by atoms with Gasteiger partial charge in [0.2, 0.25) is 5.78 Å². The van der Waals surface area contributed by atoms with Gasteiger partial charge in [-0.25, -0.2) is 14.3 Å². The Morgan fingerprint density at radius 2 is 1.95 bits per heavy atom. The Labute approximate surface area is 236 Å². The second-order valence-electron chi connectivity index (χ2n) is 10.2. The highest BCUT2D eigenvalue weighted by Crippen LogP contribution is 2.52. The number of aromatic nitrogens is 1. The van der Waals surface area contributed by atoms with Gasteiger partial charge in [-0.05, 0) is 41.8 Å². The number of halogens is 1. The highest BCUT2D eigenvalue weighted by atomic mass is 35.5. The first kappa shape index (κ1) is 25.4. The normalized spacial score (nSPS) is 20.7. The van der Waals surface area contributed by atoms with E-state index in [9.17, 15) is 24.6 Å². The highest BCUT2D eigenvalue weighted by Gasteiger charge is 2.61. The van der Waals surface area contributed by atoms with Gasteiger partial charge in [0.15, 0.2) is 0 Å². The molecule has 0 unspecified atom stereocenters. The summed E-state index contributed by atoms with van der Waals surface area (Å²) in [6, 6.07) is 13.5. The monoisotopic (exact) mass is 575 g/mol. The number of nitrogens with zero attached hydrogens (tertiary/aromatic N) is 1. The van der Waals surface area contributed by atoms with Crippen LogP contribution in [0.3, 0.4) is 0 Å². The topological polar surface area (TPSA) is 137 Å². The molecule has 0 amide bonds. The van der Waals surface area contributed by atoms with Gasteiger partial charge < -0.3 is 28.9 Å². The third kappa shape index (κ3) is 3.50. The molecule has 7 rings (SSSR count). The molecule has 0 saturated heterocycles. The van der Waals surface area contributed by atoms with Gasteiger partial charge in [0.05, 0.1) is 30.1 Å². The van der Waals surface area contributed by atoms with E-state index in [0.29, 0.717) is 32.6 Å². The summed E-state index contributed by atoms with van der Waals surface area (Å²) in [6.45, 7) is 0.120. The smallest absolute Gasteiger partial charge is 0.365 e. The van der Waals surface area contributed by atoms with Gasteiger partial charge in [0, 0.05) is 22.6 Å². The molecule has 208 valence electrons. The lowest BCUT2D eigenvalue weighted by Crippen LogP contribution is -2.61. The summed E-state index contributed by atoms with van der Waals surface area (Å²) in [7, 11) is 1.13. The molecular weight excluding hydrogens is 554 g/mol. The van der Waals surface area contributed by atoms with E-state index in [1.165, 1.54) is 10.8 Å². The molecule has 0 bridgehead atoms. The van der Waals surface area contributed by atoms with Crippen LogP contribution in [0.15, 0.2) is 69.2 Å². The molecule has 11 heteroatoms. The number of rotatable bonds is 4. The number of hydrogen-bond donors (Lipinski definition) is 2. The number of ether oxygens (including phenoxy) is 3. The SMILES string of the molecule is COC(=O)[C@]12Oc3cc4c(c(O)c3C(=O)C1=C(OCc1ccc(Cl)cc1)CC[C@@H]2O)-c1cccc2c(=O)on(c12)C4. The van der Waals surface area contributed by atoms with Crippen LogP contribution < -0.4 is 10.4 Å². The molecule has 0 radical (unpaired) electrons. The molecule has 1 aliphatic carbocycles. The maximum absolute atomic E-state index is 14.3. The Hall–Kier alpha value is -4.54. The minimum atomic E-state index is -2.22. The summed E-state index contributed by atoms with van der Waals surface area (Å²) < 4.78 is 24.1. The summed E-state index contributed by atoms with van der Waals surface area (Å²) in [5.74, 6) is -2.05. The largest absolute Gasteiger partial charge is 0.506 e. The summed E-state index contributed by atoms with van der Waals surface area (Å²) >= 11 is 5.99. The molecule has 1 aromatic heterocycles. The first-order chi connectivity index (χ1) is 19.7. The number of Topliss-reactive ketones (excluding diaryl/α,β-unsaturated/α-hetero) is 1. The van der Waals surface area contributed by atoms with Gasteiger partial charge in [0.25, 0.3) is 5.60 Å². The van der Waals surface area contributed by atoms with Crippen LogP contribution in [-0.2, 0) is 27.4 Å². The third-order valence-corrected chi connectivity index (χ3v) is 8.18. The number of carbonyl (C=O) groups is 2. The number of esters is 1. The average Bonchev–Trinajstić information content (AvgIpc) is 3.29. The first-order valence-electron chi connectivity index (χ1n) is 12.9. The maximum Gasteiger partial charge on any atom is 0.365 e. The molecular formula is C30H22ClNO9. The van der Waals surface area contributed by atoms with E-state index in [1.54, 1.807) is 42.5 Å². The Balaban J connectivity index is 1.42. The molecule has 3 aromatic carbocycles. The van der Waals surface area contributed by atoms with Gasteiger partial charge in [-0.15, -0.1) is 0 Å². The van der Waals surface area contributed by atoms with Crippen molar-refractivity contribution in [3.63, 3.8) is 0 Å².